The molecule has 108 valence electrons. The molecule has 2 atom stereocenters. The average Bonchev–Trinajstić information content (AvgIpc) is 3.12. The van der Waals surface area contributed by atoms with Crippen molar-refractivity contribution in [2.45, 2.75) is 44.8 Å². The van der Waals surface area contributed by atoms with Crippen LogP contribution in [0.4, 0.5) is 0 Å². The summed E-state index contributed by atoms with van der Waals surface area (Å²) >= 11 is 0. The van der Waals surface area contributed by atoms with E-state index in [0.717, 1.165) is 29.9 Å². The summed E-state index contributed by atoms with van der Waals surface area (Å²) in [5.41, 5.74) is 1.08. The van der Waals surface area contributed by atoms with Gasteiger partial charge >= 0.3 is 0 Å². The van der Waals surface area contributed by atoms with Gasteiger partial charge in [-0.15, -0.1) is 0 Å². The third-order valence-corrected chi connectivity index (χ3v) is 3.71. The maximum atomic E-state index is 11.9. The van der Waals surface area contributed by atoms with Crippen molar-refractivity contribution in [1.82, 2.24) is 10.6 Å². The number of hydrogen-bond acceptors (Lipinski definition) is 4. The van der Waals surface area contributed by atoms with Crippen LogP contribution >= 0.6 is 0 Å². The quantitative estimate of drug-likeness (QED) is 0.860. The molecule has 5 heteroatoms. The van der Waals surface area contributed by atoms with E-state index in [9.17, 15) is 4.79 Å². The number of ether oxygens (including phenoxy) is 2. The van der Waals surface area contributed by atoms with Gasteiger partial charge in [0.15, 0.2) is 11.5 Å². The first-order chi connectivity index (χ1) is 9.63. The summed E-state index contributed by atoms with van der Waals surface area (Å²) in [6.07, 6.45) is 2.21. The normalized spacial score (nSPS) is 19.5. The summed E-state index contributed by atoms with van der Waals surface area (Å²) < 4.78 is 10.7. The van der Waals surface area contributed by atoms with Gasteiger partial charge in [-0.2, -0.15) is 0 Å². The van der Waals surface area contributed by atoms with Crippen LogP contribution in [-0.4, -0.2) is 24.8 Å². The molecular weight excluding hydrogens is 256 g/mol. The predicted octanol–water partition coefficient (Wildman–Crippen LogP) is 1.73. The predicted molar refractivity (Wildman–Crippen MR) is 74.7 cm³/mol. The van der Waals surface area contributed by atoms with Crippen molar-refractivity contribution in [3.8, 4) is 11.5 Å². The van der Waals surface area contributed by atoms with Crippen LogP contribution in [0.15, 0.2) is 18.2 Å². The molecule has 0 bridgehead atoms. The second kappa shape index (κ2) is 5.32. The van der Waals surface area contributed by atoms with Gasteiger partial charge in [-0.3, -0.25) is 10.1 Å². The zero-order chi connectivity index (χ0) is 14.1. The summed E-state index contributed by atoms with van der Waals surface area (Å²) in [6.45, 7) is 4.21. The van der Waals surface area contributed by atoms with E-state index in [-0.39, 0.29) is 24.8 Å². The highest BCUT2D eigenvalue weighted by atomic mass is 16.7. The minimum Gasteiger partial charge on any atom is -0.454 e. The topological polar surface area (TPSA) is 59.6 Å². The van der Waals surface area contributed by atoms with Gasteiger partial charge in [-0.1, -0.05) is 6.07 Å². The van der Waals surface area contributed by atoms with Gasteiger partial charge in [0.2, 0.25) is 12.7 Å². The number of nitrogens with one attached hydrogen (secondary N) is 2. The minimum atomic E-state index is -0.212. The molecule has 1 aliphatic heterocycles. The van der Waals surface area contributed by atoms with Crippen LogP contribution < -0.4 is 20.1 Å². The molecule has 1 amide bonds. The number of carbonyl (C=O) groups excluding carboxylic acids is 1. The molecule has 5 nitrogen and oxygen atoms in total. The molecule has 1 aromatic carbocycles. The molecule has 2 unspecified atom stereocenters. The highest BCUT2D eigenvalue weighted by Gasteiger charge is 2.26. The van der Waals surface area contributed by atoms with Gasteiger partial charge in [-0.25, -0.2) is 0 Å². The summed E-state index contributed by atoms with van der Waals surface area (Å²) in [5.74, 6) is 1.62. The zero-order valence-electron chi connectivity index (χ0n) is 11.8. The number of fused-ring (bicyclic) bond motifs is 1. The summed E-state index contributed by atoms with van der Waals surface area (Å²) in [4.78, 5) is 11.9. The van der Waals surface area contributed by atoms with Crippen molar-refractivity contribution in [2.24, 2.45) is 0 Å². The Hall–Kier alpha value is -1.75. The van der Waals surface area contributed by atoms with E-state index in [4.69, 9.17) is 9.47 Å². The van der Waals surface area contributed by atoms with Gasteiger partial charge in [0.1, 0.15) is 0 Å². The van der Waals surface area contributed by atoms with Crippen LogP contribution in [-0.2, 0) is 4.79 Å². The first-order valence-corrected chi connectivity index (χ1v) is 7.09. The molecule has 0 saturated heterocycles. The largest absolute Gasteiger partial charge is 0.454 e. The van der Waals surface area contributed by atoms with Crippen LogP contribution in [0.5, 0.6) is 11.5 Å². The number of hydrogen-bond donors (Lipinski definition) is 2. The molecule has 3 rings (SSSR count). The number of benzene rings is 1. The molecule has 2 aliphatic rings. The number of rotatable bonds is 5. The molecule has 0 radical (unpaired) electrons. The van der Waals surface area contributed by atoms with E-state index in [1.54, 1.807) is 0 Å². The maximum Gasteiger partial charge on any atom is 0.237 e. The van der Waals surface area contributed by atoms with E-state index in [1.165, 1.54) is 0 Å². The second-order valence-electron chi connectivity index (χ2n) is 5.51. The van der Waals surface area contributed by atoms with Crippen molar-refractivity contribution in [3.63, 3.8) is 0 Å². The third kappa shape index (κ3) is 2.88. The standard InChI is InChI=1S/C15H20N2O3/c1-9(16-10(2)15(18)17-12-4-5-12)11-3-6-13-14(7-11)20-8-19-13/h3,6-7,9-10,12,16H,4-5,8H2,1-2H3,(H,17,18). The van der Waals surface area contributed by atoms with Gasteiger partial charge in [0.05, 0.1) is 6.04 Å². The molecule has 20 heavy (non-hydrogen) atoms. The monoisotopic (exact) mass is 276 g/mol. The van der Waals surface area contributed by atoms with Crippen molar-refractivity contribution in [3.05, 3.63) is 23.8 Å². The molecule has 0 aromatic heterocycles. The smallest absolute Gasteiger partial charge is 0.237 e. The lowest BCUT2D eigenvalue weighted by Gasteiger charge is -2.20. The molecule has 1 fully saturated rings. The van der Waals surface area contributed by atoms with Gasteiger partial charge in [-0.05, 0) is 44.4 Å². The van der Waals surface area contributed by atoms with E-state index >= 15 is 0 Å². The number of carbonyl (C=O) groups is 1. The minimum absolute atomic E-state index is 0.0695. The fraction of sp³-hybridized carbons (Fsp3) is 0.533. The molecule has 1 aliphatic carbocycles. The number of amides is 1. The Bertz CT molecular complexity index is 514. The lowest BCUT2D eigenvalue weighted by atomic mass is 10.1. The highest BCUT2D eigenvalue weighted by Crippen LogP contribution is 2.34. The summed E-state index contributed by atoms with van der Waals surface area (Å²) in [7, 11) is 0. The first-order valence-electron chi connectivity index (χ1n) is 7.09. The van der Waals surface area contributed by atoms with Crippen molar-refractivity contribution in [1.29, 1.82) is 0 Å². The third-order valence-electron chi connectivity index (χ3n) is 3.71. The Morgan fingerprint density at radius 1 is 1.25 bits per heavy atom. The Labute approximate surface area is 118 Å². The molecular formula is C15H20N2O3. The van der Waals surface area contributed by atoms with Crippen molar-refractivity contribution in [2.75, 3.05) is 6.79 Å². The van der Waals surface area contributed by atoms with Crippen LogP contribution in [0, 0.1) is 0 Å². The lowest BCUT2D eigenvalue weighted by Crippen LogP contribution is -2.43. The summed E-state index contributed by atoms with van der Waals surface area (Å²) in [6, 6.07) is 6.13. The molecule has 1 saturated carbocycles. The van der Waals surface area contributed by atoms with Crippen LogP contribution in [0.2, 0.25) is 0 Å². The van der Waals surface area contributed by atoms with Crippen LogP contribution in [0.3, 0.4) is 0 Å². The second-order valence-corrected chi connectivity index (χ2v) is 5.51. The van der Waals surface area contributed by atoms with E-state index in [2.05, 4.69) is 10.6 Å². The Morgan fingerprint density at radius 3 is 2.75 bits per heavy atom. The van der Waals surface area contributed by atoms with E-state index < -0.39 is 0 Å². The van der Waals surface area contributed by atoms with Crippen molar-refractivity contribution >= 4 is 5.91 Å². The highest BCUT2D eigenvalue weighted by molar-refractivity contribution is 5.81. The molecule has 0 spiro atoms. The lowest BCUT2D eigenvalue weighted by molar-refractivity contribution is -0.123. The Kier molecular flexibility index (Phi) is 3.53. The fourth-order valence-corrected chi connectivity index (χ4v) is 2.28. The molecule has 1 heterocycles. The van der Waals surface area contributed by atoms with Gasteiger partial charge in [0.25, 0.3) is 0 Å². The van der Waals surface area contributed by atoms with Crippen LogP contribution in [0.25, 0.3) is 0 Å². The average molecular weight is 276 g/mol. The Balaban J connectivity index is 1.60. The Morgan fingerprint density at radius 2 is 2.00 bits per heavy atom. The SMILES string of the molecule is CC(NC(C)c1ccc2c(c1)OCO2)C(=O)NC1CC1. The van der Waals surface area contributed by atoms with E-state index in [1.807, 2.05) is 32.0 Å². The summed E-state index contributed by atoms with van der Waals surface area (Å²) in [5, 5.41) is 6.32. The first kappa shape index (κ1) is 13.2. The van der Waals surface area contributed by atoms with Gasteiger partial charge < -0.3 is 14.8 Å². The maximum absolute atomic E-state index is 11.9. The van der Waals surface area contributed by atoms with E-state index in [0.29, 0.717) is 6.04 Å². The molecule has 2 N–H and O–H groups in total. The zero-order valence-corrected chi connectivity index (χ0v) is 11.8. The molecule has 1 aromatic rings. The fourth-order valence-electron chi connectivity index (χ4n) is 2.28. The van der Waals surface area contributed by atoms with Crippen LogP contribution in [0.1, 0.15) is 38.3 Å². The van der Waals surface area contributed by atoms with Crippen molar-refractivity contribution < 1.29 is 14.3 Å². The van der Waals surface area contributed by atoms with Gasteiger partial charge in [0, 0.05) is 12.1 Å².